The minimum Gasteiger partial charge on any atom is -0.481 e. The van der Waals surface area contributed by atoms with Crippen molar-refractivity contribution < 1.29 is 9.47 Å². The summed E-state index contributed by atoms with van der Waals surface area (Å²) < 4.78 is 10.7. The Balaban J connectivity index is 1.65. The Morgan fingerprint density at radius 2 is 2.00 bits per heavy atom. The van der Waals surface area contributed by atoms with Gasteiger partial charge in [-0.3, -0.25) is 4.90 Å². The van der Waals surface area contributed by atoms with E-state index in [1.165, 1.54) is 25.8 Å². The summed E-state index contributed by atoms with van der Waals surface area (Å²) in [7, 11) is 3.46. The van der Waals surface area contributed by atoms with Gasteiger partial charge in [0.1, 0.15) is 12.1 Å². The second kappa shape index (κ2) is 7.23. The number of aromatic nitrogens is 2. The fourth-order valence-corrected chi connectivity index (χ4v) is 4.34. The molecule has 6 heteroatoms. The lowest BCUT2D eigenvalue weighted by atomic mass is 9.76. The van der Waals surface area contributed by atoms with Crippen molar-refractivity contribution in [3.05, 3.63) is 12.4 Å². The van der Waals surface area contributed by atoms with E-state index in [2.05, 4.69) is 33.6 Å². The number of rotatable bonds is 5. The maximum Gasteiger partial charge on any atom is 0.218 e. The molecule has 0 N–H and O–H groups in total. The van der Waals surface area contributed by atoms with E-state index >= 15 is 0 Å². The number of likely N-dealkylation sites (tertiary alicyclic amines) is 1. The number of piperidine rings is 1. The lowest BCUT2D eigenvalue weighted by Gasteiger charge is -2.40. The number of ether oxygens (including phenoxy) is 2. The van der Waals surface area contributed by atoms with Gasteiger partial charge >= 0.3 is 0 Å². The van der Waals surface area contributed by atoms with Gasteiger partial charge in [-0.05, 0) is 38.5 Å². The molecule has 24 heavy (non-hydrogen) atoms. The molecule has 2 saturated heterocycles. The molecule has 6 nitrogen and oxygen atoms in total. The van der Waals surface area contributed by atoms with E-state index in [-0.39, 0.29) is 0 Å². The summed E-state index contributed by atoms with van der Waals surface area (Å²) in [6, 6.07) is 3.07. The Kier molecular flexibility index (Phi) is 5.25. The Hall–Kier alpha value is -1.40. The molecule has 0 unspecified atom stereocenters. The first kappa shape index (κ1) is 17.4. The van der Waals surface area contributed by atoms with Gasteiger partial charge in [0, 0.05) is 44.9 Å². The zero-order valence-electron chi connectivity index (χ0n) is 15.4. The molecule has 1 atom stereocenters. The monoisotopic (exact) mass is 334 g/mol. The summed E-state index contributed by atoms with van der Waals surface area (Å²) >= 11 is 0. The van der Waals surface area contributed by atoms with Crippen LogP contribution in [-0.2, 0) is 4.74 Å². The molecule has 0 bridgehead atoms. The highest BCUT2D eigenvalue weighted by Gasteiger charge is 2.46. The third-order valence-electron chi connectivity index (χ3n) is 5.66. The van der Waals surface area contributed by atoms with Crippen LogP contribution in [0.4, 0.5) is 5.82 Å². The highest BCUT2D eigenvalue weighted by molar-refractivity contribution is 5.41. The summed E-state index contributed by atoms with van der Waals surface area (Å²) in [5, 5.41) is 0. The molecule has 2 aliphatic rings. The quantitative estimate of drug-likeness (QED) is 0.823. The van der Waals surface area contributed by atoms with E-state index in [1.807, 2.05) is 13.2 Å². The lowest BCUT2D eigenvalue weighted by Crippen LogP contribution is -2.43. The van der Waals surface area contributed by atoms with Crippen molar-refractivity contribution in [3.63, 3.8) is 0 Å². The van der Waals surface area contributed by atoms with Crippen molar-refractivity contribution in [2.24, 2.45) is 5.41 Å². The van der Waals surface area contributed by atoms with Crippen LogP contribution in [0.15, 0.2) is 12.4 Å². The number of hydrogen-bond donors (Lipinski definition) is 0. The predicted octanol–water partition coefficient (Wildman–Crippen LogP) is 2.20. The largest absolute Gasteiger partial charge is 0.481 e. The Morgan fingerprint density at radius 1 is 1.25 bits per heavy atom. The van der Waals surface area contributed by atoms with Gasteiger partial charge in [-0.2, -0.15) is 0 Å². The van der Waals surface area contributed by atoms with E-state index in [1.54, 1.807) is 13.4 Å². The van der Waals surface area contributed by atoms with Crippen molar-refractivity contribution in [2.45, 2.75) is 45.2 Å². The van der Waals surface area contributed by atoms with Crippen molar-refractivity contribution >= 4 is 5.82 Å². The molecule has 1 aromatic rings. The molecule has 3 heterocycles. The number of nitrogens with zero attached hydrogens (tertiary/aromatic N) is 4. The fourth-order valence-electron chi connectivity index (χ4n) is 4.34. The summed E-state index contributed by atoms with van der Waals surface area (Å²) in [5.41, 5.74) is 0.432. The second-order valence-electron chi connectivity index (χ2n) is 7.48. The lowest BCUT2D eigenvalue weighted by molar-refractivity contribution is 0.0975. The summed E-state index contributed by atoms with van der Waals surface area (Å²) in [5.74, 6) is 1.61. The number of anilines is 1. The summed E-state index contributed by atoms with van der Waals surface area (Å²) in [4.78, 5) is 13.5. The van der Waals surface area contributed by atoms with Gasteiger partial charge in [-0.15, -0.1) is 0 Å². The molecular weight excluding hydrogens is 304 g/mol. The second-order valence-corrected chi connectivity index (χ2v) is 7.48. The van der Waals surface area contributed by atoms with Crippen molar-refractivity contribution in [1.29, 1.82) is 0 Å². The topological polar surface area (TPSA) is 50.7 Å². The highest BCUT2D eigenvalue weighted by Crippen LogP contribution is 2.44. The maximum atomic E-state index is 5.47. The average Bonchev–Trinajstić information content (AvgIpc) is 2.94. The van der Waals surface area contributed by atoms with Gasteiger partial charge < -0.3 is 14.4 Å². The van der Waals surface area contributed by atoms with E-state index < -0.39 is 0 Å². The molecule has 2 fully saturated rings. The molecule has 0 aromatic carbocycles. The first-order valence-corrected chi connectivity index (χ1v) is 8.92. The highest BCUT2D eigenvalue weighted by atomic mass is 16.5. The molecule has 3 rings (SSSR count). The smallest absolute Gasteiger partial charge is 0.218 e. The van der Waals surface area contributed by atoms with Crippen LogP contribution in [0.2, 0.25) is 0 Å². The zero-order valence-corrected chi connectivity index (χ0v) is 15.4. The van der Waals surface area contributed by atoms with Crippen LogP contribution in [-0.4, -0.2) is 67.4 Å². The fraction of sp³-hybridized carbons (Fsp3) is 0.778. The minimum absolute atomic E-state index is 0.432. The first-order valence-electron chi connectivity index (χ1n) is 8.92. The Labute approximate surface area is 145 Å². The first-order chi connectivity index (χ1) is 11.6. The van der Waals surface area contributed by atoms with Crippen LogP contribution in [0.1, 0.15) is 33.1 Å². The Bertz CT molecular complexity index is 544. The van der Waals surface area contributed by atoms with Gasteiger partial charge in [0.2, 0.25) is 5.88 Å². The van der Waals surface area contributed by atoms with Crippen LogP contribution in [0.3, 0.4) is 0 Å². The number of methoxy groups -OCH3 is 2. The third kappa shape index (κ3) is 3.49. The SMILES string of the molecule is COC[C@@H]1CC2(CCN(c3cc(OC)ncn3)CC2)CN1C(C)C. The molecule has 134 valence electrons. The van der Waals surface area contributed by atoms with Crippen molar-refractivity contribution in [3.8, 4) is 5.88 Å². The zero-order chi connectivity index (χ0) is 17.2. The number of hydrogen-bond acceptors (Lipinski definition) is 6. The molecule has 2 aliphatic heterocycles. The standard InChI is InChI=1S/C18H30N4O2/c1-14(2)22-12-18(10-15(22)11-23-3)5-7-21(8-6-18)16-9-17(24-4)20-13-19-16/h9,13-15H,5-8,10-12H2,1-4H3/t15-/m0/s1. The minimum atomic E-state index is 0.432. The Morgan fingerprint density at radius 3 is 2.62 bits per heavy atom. The van der Waals surface area contributed by atoms with Crippen LogP contribution >= 0.6 is 0 Å². The van der Waals surface area contributed by atoms with Crippen LogP contribution < -0.4 is 9.64 Å². The van der Waals surface area contributed by atoms with E-state index in [9.17, 15) is 0 Å². The van der Waals surface area contributed by atoms with E-state index in [4.69, 9.17) is 9.47 Å². The van der Waals surface area contributed by atoms with Crippen LogP contribution in [0, 0.1) is 5.41 Å². The molecule has 0 radical (unpaired) electrons. The molecular formula is C18H30N4O2. The van der Waals surface area contributed by atoms with E-state index in [0.717, 1.165) is 25.5 Å². The normalized spacial score (nSPS) is 24.0. The average molecular weight is 334 g/mol. The molecule has 0 saturated carbocycles. The van der Waals surface area contributed by atoms with Gasteiger partial charge in [0.15, 0.2) is 0 Å². The van der Waals surface area contributed by atoms with Crippen LogP contribution in [0.25, 0.3) is 0 Å². The maximum absolute atomic E-state index is 5.47. The third-order valence-corrected chi connectivity index (χ3v) is 5.66. The van der Waals surface area contributed by atoms with Gasteiger partial charge in [-0.1, -0.05) is 0 Å². The van der Waals surface area contributed by atoms with Gasteiger partial charge in [-0.25, -0.2) is 9.97 Å². The molecule has 0 amide bonds. The molecule has 1 spiro atoms. The summed E-state index contributed by atoms with van der Waals surface area (Å²) in [6.45, 7) is 8.72. The van der Waals surface area contributed by atoms with Crippen molar-refractivity contribution in [2.75, 3.05) is 45.4 Å². The molecule has 0 aliphatic carbocycles. The summed E-state index contributed by atoms with van der Waals surface area (Å²) in [6.07, 6.45) is 5.26. The predicted molar refractivity (Wildman–Crippen MR) is 94.6 cm³/mol. The van der Waals surface area contributed by atoms with Gasteiger partial charge in [0.25, 0.3) is 0 Å². The van der Waals surface area contributed by atoms with E-state index in [0.29, 0.717) is 23.4 Å². The molecule has 1 aromatic heterocycles. The van der Waals surface area contributed by atoms with Crippen molar-refractivity contribution in [1.82, 2.24) is 14.9 Å². The van der Waals surface area contributed by atoms with Crippen LogP contribution in [0.5, 0.6) is 5.88 Å². The van der Waals surface area contributed by atoms with Gasteiger partial charge in [0.05, 0.1) is 13.7 Å².